The van der Waals surface area contributed by atoms with Crippen LogP contribution >= 0.6 is 12.2 Å². The minimum Gasteiger partial charge on any atom is -0.352 e. The van der Waals surface area contributed by atoms with Crippen molar-refractivity contribution in [3.8, 4) is 5.82 Å². The van der Waals surface area contributed by atoms with Crippen molar-refractivity contribution in [2.45, 2.75) is 39.4 Å². The molecule has 0 radical (unpaired) electrons. The van der Waals surface area contributed by atoms with Crippen LogP contribution in [-0.2, 0) is 6.54 Å². The van der Waals surface area contributed by atoms with E-state index in [0.29, 0.717) is 6.54 Å². The van der Waals surface area contributed by atoms with Crippen LogP contribution in [0.1, 0.15) is 45.9 Å². The Labute approximate surface area is 199 Å². The summed E-state index contributed by atoms with van der Waals surface area (Å²) in [5, 5.41) is 4.27. The average Bonchev–Trinajstić information content (AvgIpc) is 3.30. The molecule has 0 aromatic carbocycles. The molecular weight excluding hydrogens is 428 g/mol. The summed E-state index contributed by atoms with van der Waals surface area (Å²) in [5.41, 5.74) is 6.73. The van der Waals surface area contributed by atoms with E-state index in [1.54, 1.807) is 6.20 Å². The van der Waals surface area contributed by atoms with Crippen LogP contribution in [-0.4, -0.2) is 29.5 Å². The highest BCUT2D eigenvalue weighted by molar-refractivity contribution is 7.80. The Bertz CT molecular complexity index is 1280. The molecule has 0 aliphatic carbocycles. The van der Waals surface area contributed by atoms with Crippen molar-refractivity contribution in [1.29, 1.82) is 0 Å². The van der Waals surface area contributed by atoms with E-state index in [1.165, 1.54) is 5.56 Å². The first-order valence-corrected chi connectivity index (χ1v) is 11.4. The minimum atomic E-state index is -0.0610. The van der Waals surface area contributed by atoms with Gasteiger partial charge < -0.3 is 14.8 Å². The first-order valence-electron chi connectivity index (χ1n) is 11.0. The van der Waals surface area contributed by atoms with E-state index in [2.05, 4.69) is 74.8 Å². The zero-order chi connectivity index (χ0) is 22.9. The third kappa shape index (κ3) is 3.89. The van der Waals surface area contributed by atoms with Crippen molar-refractivity contribution < 1.29 is 0 Å². The Morgan fingerprint density at radius 3 is 2.52 bits per heavy atom. The molecule has 1 saturated heterocycles. The maximum atomic E-state index is 5.84. The van der Waals surface area contributed by atoms with E-state index in [-0.39, 0.29) is 12.1 Å². The lowest BCUT2D eigenvalue weighted by Crippen LogP contribution is -2.29. The third-order valence-electron chi connectivity index (χ3n) is 6.26. The molecule has 0 spiro atoms. The number of rotatable bonds is 5. The second kappa shape index (κ2) is 8.75. The Morgan fingerprint density at radius 2 is 1.79 bits per heavy atom. The van der Waals surface area contributed by atoms with Crippen molar-refractivity contribution in [2.75, 3.05) is 0 Å². The van der Waals surface area contributed by atoms with Gasteiger partial charge in [-0.05, 0) is 80.0 Å². The van der Waals surface area contributed by atoms with Gasteiger partial charge >= 0.3 is 0 Å². The van der Waals surface area contributed by atoms with E-state index in [9.17, 15) is 0 Å². The molecule has 0 bridgehead atoms. The topological polar surface area (TPSA) is 58.9 Å². The van der Waals surface area contributed by atoms with Crippen molar-refractivity contribution in [2.24, 2.45) is 0 Å². The molecule has 0 unspecified atom stereocenters. The highest BCUT2D eigenvalue weighted by Gasteiger charge is 2.41. The smallest absolute Gasteiger partial charge is 0.170 e. The van der Waals surface area contributed by atoms with Gasteiger partial charge in [-0.25, -0.2) is 4.98 Å². The van der Waals surface area contributed by atoms with Crippen molar-refractivity contribution in [1.82, 2.24) is 29.7 Å². The van der Waals surface area contributed by atoms with Crippen molar-refractivity contribution >= 4 is 17.3 Å². The summed E-state index contributed by atoms with van der Waals surface area (Å²) in [5.74, 6) is 0.959. The predicted molar refractivity (Wildman–Crippen MR) is 133 cm³/mol. The number of hydrogen-bond acceptors (Lipinski definition) is 4. The van der Waals surface area contributed by atoms with Crippen molar-refractivity contribution in [3.05, 3.63) is 107 Å². The molecule has 5 rings (SSSR count). The molecule has 0 amide bonds. The standard InChI is InChI=1S/C26H26N6S/c1-17-8-6-13-29-25(17)32-18(2)14-21(19(32)3)24-23(22-10-4-5-12-28-22)30-26(33)31(24)16-20-9-7-11-27-15-20/h4-15,23-24H,16H2,1-3H3,(H,30,33)/t23-,24-/m0/s1. The molecule has 1 fully saturated rings. The van der Waals surface area contributed by atoms with Gasteiger partial charge in [-0.1, -0.05) is 18.2 Å². The Hall–Kier alpha value is -3.58. The lowest BCUT2D eigenvalue weighted by Gasteiger charge is -2.28. The van der Waals surface area contributed by atoms with Crippen LogP contribution in [0, 0.1) is 20.8 Å². The molecule has 1 aliphatic rings. The van der Waals surface area contributed by atoms with Gasteiger partial charge in [0.2, 0.25) is 0 Å². The van der Waals surface area contributed by atoms with Crippen LogP contribution < -0.4 is 5.32 Å². The number of aryl methyl sites for hydroxylation is 2. The van der Waals surface area contributed by atoms with E-state index < -0.39 is 0 Å². The Kier molecular flexibility index (Phi) is 5.64. The van der Waals surface area contributed by atoms with Gasteiger partial charge in [-0.2, -0.15) is 0 Å². The van der Waals surface area contributed by atoms with E-state index >= 15 is 0 Å². The zero-order valence-electron chi connectivity index (χ0n) is 18.9. The summed E-state index contributed by atoms with van der Waals surface area (Å²) in [6.45, 7) is 7.06. The van der Waals surface area contributed by atoms with Crippen molar-refractivity contribution in [3.63, 3.8) is 0 Å². The molecule has 1 N–H and O–H groups in total. The fourth-order valence-electron chi connectivity index (χ4n) is 4.73. The molecule has 4 aromatic rings. The molecule has 5 heterocycles. The number of aromatic nitrogens is 4. The number of thiocarbonyl (C=S) groups is 1. The molecule has 6 nitrogen and oxygen atoms in total. The van der Waals surface area contributed by atoms with Crippen LogP contribution in [0.3, 0.4) is 0 Å². The monoisotopic (exact) mass is 454 g/mol. The maximum absolute atomic E-state index is 5.84. The highest BCUT2D eigenvalue weighted by Crippen LogP contribution is 2.42. The number of hydrogen-bond donors (Lipinski definition) is 1. The largest absolute Gasteiger partial charge is 0.352 e. The zero-order valence-corrected chi connectivity index (χ0v) is 19.8. The average molecular weight is 455 g/mol. The minimum absolute atomic E-state index is 0.0171. The lowest BCUT2D eigenvalue weighted by molar-refractivity contribution is 0.310. The van der Waals surface area contributed by atoms with Crippen LogP contribution in [0.15, 0.2) is 73.3 Å². The fourth-order valence-corrected chi connectivity index (χ4v) is 5.03. The van der Waals surface area contributed by atoms with Crippen LogP contribution in [0.4, 0.5) is 0 Å². The van der Waals surface area contributed by atoms with E-state index in [0.717, 1.165) is 39.1 Å². The summed E-state index contributed by atoms with van der Waals surface area (Å²) in [6.07, 6.45) is 7.37. The quantitative estimate of drug-likeness (QED) is 0.439. The summed E-state index contributed by atoms with van der Waals surface area (Å²) < 4.78 is 2.24. The van der Waals surface area contributed by atoms with Gasteiger partial charge in [0, 0.05) is 42.7 Å². The summed E-state index contributed by atoms with van der Waals surface area (Å²) in [7, 11) is 0. The molecule has 166 valence electrons. The van der Waals surface area contributed by atoms with Gasteiger partial charge in [0.15, 0.2) is 5.11 Å². The lowest BCUT2D eigenvalue weighted by atomic mass is 9.96. The Morgan fingerprint density at radius 1 is 0.970 bits per heavy atom. The normalized spacial score (nSPS) is 17.9. The second-order valence-corrected chi connectivity index (χ2v) is 8.81. The first kappa shape index (κ1) is 21.3. The number of nitrogens with one attached hydrogen (secondary N) is 1. The van der Waals surface area contributed by atoms with Crippen LogP contribution in [0.5, 0.6) is 0 Å². The molecule has 0 saturated carbocycles. The SMILES string of the molecule is Cc1cccnc1-n1c(C)cc([C@H]2[C@H](c3ccccn3)NC(=S)N2Cc2cccnc2)c1C. The molecule has 4 aromatic heterocycles. The molecule has 1 aliphatic heterocycles. The second-order valence-electron chi connectivity index (χ2n) is 8.42. The molecular formula is C26H26N6S. The van der Waals surface area contributed by atoms with E-state index in [4.69, 9.17) is 12.2 Å². The fraction of sp³-hybridized carbons (Fsp3) is 0.231. The predicted octanol–water partition coefficient (Wildman–Crippen LogP) is 4.76. The molecule has 7 heteroatoms. The van der Waals surface area contributed by atoms with Crippen LogP contribution in [0.25, 0.3) is 5.82 Å². The summed E-state index contributed by atoms with van der Waals surface area (Å²) in [6, 6.07) is 16.3. The third-order valence-corrected chi connectivity index (χ3v) is 6.61. The summed E-state index contributed by atoms with van der Waals surface area (Å²) >= 11 is 5.84. The number of nitrogens with zero attached hydrogens (tertiary/aromatic N) is 5. The van der Waals surface area contributed by atoms with Gasteiger partial charge in [-0.15, -0.1) is 0 Å². The molecule has 33 heavy (non-hydrogen) atoms. The Balaban J connectivity index is 1.63. The maximum Gasteiger partial charge on any atom is 0.170 e. The highest BCUT2D eigenvalue weighted by atomic mass is 32.1. The summed E-state index contributed by atoms with van der Waals surface area (Å²) in [4.78, 5) is 15.9. The van der Waals surface area contributed by atoms with Gasteiger partial charge in [0.1, 0.15) is 5.82 Å². The van der Waals surface area contributed by atoms with E-state index in [1.807, 2.05) is 42.9 Å². The van der Waals surface area contributed by atoms with Gasteiger partial charge in [-0.3, -0.25) is 9.97 Å². The van der Waals surface area contributed by atoms with Gasteiger partial charge in [0.05, 0.1) is 17.8 Å². The van der Waals surface area contributed by atoms with Gasteiger partial charge in [0.25, 0.3) is 0 Å². The van der Waals surface area contributed by atoms with Crippen LogP contribution in [0.2, 0.25) is 0 Å². The number of pyridine rings is 3. The molecule has 2 atom stereocenters. The first-order chi connectivity index (χ1) is 16.0.